The molecule has 23 heavy (non-hydrogen) atoms. The summed E-state index contributed by atoms with van der Waals surface area (Å²) in [5.41, 5.74) is 10.3. The molecule has 3 aromatic rings. The van der Waals surface area contributed by atoms with Crippen molar-refractivity contribution in [3.63, 3.8) is 0 Å². The summed E-state index contributed by atoms with van der Waals surface area (Å²) in [5.74, 6) is 1.05. The largest absolute Gasteiger partial charge is 0.399 e. The van der Waals surface area contributed by atoms with Gasteiger partial charge < -0.3 is 15.2 Å². The van der Waals surface area contributed by atoms with E-state index in [2.05, 4.69) is 58.9 Å². The summed E-state index contributed by atoms with van der Waals surface area (Å²) in [7, 11) is 4.10. The topological polar surface area (TPSA) is 47.1 Å². The second-order valence-electron chi connectivity index (χ2n) is 5.95. The molecular formula is C19H22N4. The molecular weight excluding hydrogens is 284 g/mol. The fourth-order valence-corrected chi connectivity index (χ4v) is 2.63. The molecule has 0 aliphatic carbocycles. The molecule has 118 valence electrons. The minimum absolute atomic E-state index is 0.786. The van der Waals surface area contributed by atoms with Gasteiger partial charge in [-0.25, -0.2) is 4.98 Å². The highest BCUT2D eigenvalue weighted by atomic mass is 15.1. The van der Waals surface area contributed by atoms with Crippen LogP contribution in [0.4, 0.5) is 11.4 Å². The molecule has 0 unspecified atom stereocenters. The molecule has 0 atom stereocenters. The monoisotopic (exact) mass is 306 g/mol. The van der Waals surface area contributed by atoms with Crippen LogP contribution in [0, 0.1) is 0 Å². The van der Waals surface area contributed by atoms with Crippen LogP contribution in [0.15, 0.2) is 60.9 Å². The standard InChI is InChI=1S/C19H22N4/c1-22(2)18-8-6-15(7-9-18)14-23-11-10-21-19(23)13-16-4-3-5-17(20)12-16/h3-12H,13-14,20H2,1-2H3. The van der Waals surface area contributed by atoms with Crippen molar-refractivity contribution in [1.82, 2.24) is 9.55 Å². The van der Waals surface area contributed by atoms with E-state index in [0.717, 1.165) is 24.5 Å². The van der Waals surface area contributed by atoms with Gasteiger partial charge in [-0.15, -0.1) is 0 Å². The van der Waals surface area contributed by atoms with Gasteiger partial charge in [0.15, 0.2) is 0 Å². The van der Waals surface area contributed by atoms with Crippen LogP contribution in [0.1, 0.15) is 17.0 Å². The highest BCUT2D eigenvalue weighted by Gasteiger charge is 2.06. The van der Waals surface area contributed by atoms with Crippen molar-refractivity contribution in [3.8, 4) is 0 Å². The third-order valence-corrected chi connectivity index (χ3v) is 3.92. The lowest BCUT2D eigenvalue weighted by Gasteiger charge is -2.13. The van der Waals surface area contributed by atoms with Crippen molar-refractivity contribution < 1.29 is 0 Å². The maximum atomic E-state index is 5.86. The van der Waals surface area contributed by atoms with Gasteiger partial charge in [0.1, 0.15) is 5.82 Å². The molecule has 2 aromatic carbocycles. The van der Waals surface area contributed by atoms with E-state index in [4.69, 9.17) is 5.73 Å². The highest BCUT2D eigenvalue weighted by Crippen LogP contribution is 2.15. The van der Waals surface area contributed by atoms with Crippen LogP contribution in [-0.2, 0) is 13.0 Å². The van der Waals surface area contributed by atoms with Crippen LogP contribution in [-0.4, -0.2) is 23.6 Å². The van der Waals surface area contributed by atoms with Gasteiger partial charge >= 0.3 is 0 Å². The van der Waals surface area contributed by atoms with Crippen LogP contribution in [0.3, 0.4) is 0 Å². The SMILES string of the molecule is CN(C)c1ccc(Cn2ccnc2Cc2cccc(N)c2)cc1. The van der Waals surface area contributed by atoms with Gasteiger partial charge in [-0.05, 0) is 35.4 Å². The quantitative estimate of drug-likeness (QED) is 0.737. The summed E-state index contributed by atoms with van der Waals surface area (Å²) in [6.07, 6.45) is 4.67. The number of rotatable bonds is 5. The van der Waals surface area contributed by atoms with Crippen LogP contribution in [0.2, 0.25) is 0 Å². The molecule has 1 aromatic heterocycles. The fourth-order valence-electron chi connectivity index (χ4n) is 2.63. The number of nitrogen functional groups attached to an aromatic ring is 1. The summed E-state index contributed by atoms with van der Waals surface area (Å²) >= 11 is 0. The number of nitrogens with two attached hydrogens (primary N) is 1. The van der Waals surface area contributed by atoms with E-state index in [1.165, 1.54) is 16.8 Å². The Morgan fingerprint density at radius 2 is 1.83 bits per heavy atom. The Kier molecular flexibility index (Phi) is 4.33. The molecule has 2 N–H and O–H groups in total. The van der Waals surface area contributed by atoms with Crippen LogP contribution in [0.25, 0.3) is 0 Å². The van der Waals surface area contributed by atoms with E-state index < -0.39 is 0 Å². The lowest BCUT2D eigenvalue weighted by Crippen LogP contribution is -2.09. The molecule has 0 saturated carbocycles. The minimum Gasteiger partial charge on any atom is -0.399 e. The van der Waals surface area contributed by atoms with Crippen LogP contribution >= 0.6 is 0 Å². The average Bonchev–Trinajstić information content (AvgIpc) is 2.95. The molecule has 0 bridgehead atoms. The molecule has 3 rings (SSSR count). The zero-order valence-corrected chi connectivity index (χ0v) is 13.6. The Balaban J connectivity index is 1.75. The molecule has 0 saturated heterocycles. The van der Waals surface area contributed by atoms with Gasteiger partial charge in [-0.1, -0.05) is 24.3 Å². The zero-order valence-electron chi connectivity index (χ0n) is 13.6. The Morgan fingerprint density at radius 3 is 2.52 bits per heavy atom. The molecule has 0 aliphatic rings. The van der Waals surface area contributed by atoms with E-state index in [9.17, 15) is 0 Å². The summed E-state index contributed by atoms with van der Waals surface area (Å²) in [6.45, 7) is 0.825. The number of hydrogen-bond donors (Lipinski definition) is 1. The third kappa shape index (κ3) is 3.72. The number of benzene rings is 2. The third-order valence-electron chi connectivity index (χ3n) is 3.92. The molecule has 0 spiro atoms. The first kappa shape index (κ1) is 15.2. The maximum absolute atomic E-state index is 5.86. The van der Waals surface area contributed by atoms with Gasteiger partial charge in [-0.2, -0.15) is 0 Å². The van der Waals surface area contributed by atoms with Crippen molar-refractivity contribution >= 4 is 11.4 Å². The molecule has 1 heterocycles. The van der Waals surface area contributed by atoms with E-state index in [-0.39, 0.29) is 0 Å². The number of imidazole rings is 1. The average molecular weight is 306 g/mol. The second kappa shape index (κ2) is 6.57. The van der Waals surface area contributed by atoms with Crippen molar-refractivity contribution in [3.05, 3.63) is 77.9 Å². The smallest absolute Gasteiger partial charge is 0.113 e. The lowest BCUT2D eigenvalue weighted by atomic mass is 10.1. The van der Waals surface area contributed by atoms with Crippen molar-refractivity contribution in [1.29, 1.82) is 0 Å². The summed E-state index contributed by atoms with van der Waals surface area (Å²) < 4.78 is 2.19. The van der Waals surface area contributed by atoms with Gasteiger partial charge in [0.05, 0.1) is 0 Å². The normalized spacial score (nSPS) is 10.7. The van der Waals surface area contributed by atoms with Crippen molar-refractivity contribution in [2.45, 2.75) is 13.0 Å². The molecule has 4 nitrogen and oxygen atoms in total. The predicted molar refractivity (Wildman–Crippen MR) is 95.8 cm³/mol. The fraction of sp³-hybridized carbons (Fsp3) is 0.211. The van der Waals surface area contributed by atoms with Gasteiger partial charge in [0, 0.05) is 50.8 Å². The minimum atomic E-state index is 0.786. The first-order valence-electron chi connectivity index (χ1n) is 7.72. The van der Waals surface area contributed by atoms with Gasteiger partial charge in [-0.3, -0.25) is 0 Å². The van der Waals surface area contributed by atoms with Crippen molar-refractivity contribution in [2.24, 2.45) is 0 Å². The maximum Gasteiger partial charge on any atom is 0.113 e. The predicted octanol–water partition coefficient (Wildman–Crippen LogP) is 3.17. The second-order valence-corrected chi connectivity index (χ2v) is 5.95. The summed E-state index contributed by atoms with van der Waals surface area (Å²) in [5, 5.41) is 0. The Morgan fingerprint density at radius 1 is 1.04 bits per heavy atom. The Labute approximate surface area is 137 Å². The van der Waals surface area contributed by atoms with Gasteiger partial charge in [0.25, 0.3) is 0 Å². The molecule has 0 radical (unpaired) electrons. The summed E-state index contributed by atoms with van der Waals surface area (Å²) in [6, 6.07) is 16.6. The lowest BCUT2D eigenvalue weighted by molar-refractivity contribution is 0.740. The summed E-state index contributed by atoms with van der Waals surface area (Å²) in [4.78, 5) is 6.60. The van der Waals surface area contributed by atoms with Crippen LogP contribution in [0.5, 0.6) is 0 Å². The molecule has 0 amide bonds. The van der Waals surface area contributed by atoms with Crippen molar-refractivity contribution in [2.75, 3.05) is 24.7 Å². The first-order chi connectivity index (χ1) is 11.1. The zero-order chi connectivity index (χ0) is 16.2. The number of hydrogen-bond acceptors (Lipinski definition) is 3. The number of anilines is 2. The van der Waals surface area contributed by atoms with Gasteiger partial charge in [0.2, 0.25) is 0 Å². The molecule has 4 heteroatoms. The number of aromatic nitrogens is 2. The van der Waals surface area contributed by atoms with E-state index >= 15 is 0 Å². The Hall–Kier alpha value is -2.75. The number of nitrogens with zero attached hydrogens (tertiary/aromatic N) is 3. The van der Waals surface area contributed by atoms with E-state index in [1.54, 1.807) is 0 Å². The molecule has 0 aliphatic heterocycles. The van der Waals surface area contributed by atoms with Crippen LogP contribution < -0.4 is 10.6 Å². The van der Waals surface area contributed by atoms with E-state index in [1.807, 2.05) is 30.6 Å². The van der Waals surface area contributed by atoms with E-state index in [0.29, 0.717) is 0 Å². The molecule has 0 fully saturated rings. The highest BCUT2D eigenvalue weighted by molar-refractivity contribution is 5.46. The first-order valence-corrected chi connectivity index (χ1v) is 7.72. The Bertz CT molecular complexity index is 772.